The molecule has 4 nitrogen and oxygen atoms in total. The van der Waals surface area contributed by atoms with Crippen molar-refractivity contribution in [1.29, 1.82) is 0 Å². The Kier molecular flexibility index (Phi) is 8.57. The molecule has 0 saturated heterocycles. The largest absolute Gasteiger partial charge is 0.488 e. The number of rotatable bonds is 7. The third kappa shape index (κ3) is 7.32. The predicted molar refractivity (Wildman–Crippen MR) is 98.9 cm³/mol. The molecule has 0 bridgehead atoms. The average molecular weight is 439 g/mol. The van der Waals surface area contributed by atoms with Gasteiger partial charge in [0.15, 0.2) is 5.96 Å². The first-order valence-corrected chi connectivity index (χ1v) is 7.63. The minimum absolute atomic E-state index is 0. The molecule has 2 N–H and O–H groups in total. The van der Waals surface area contributed by atoms with E-state index in [0.717, 1.165) is 18.1 Å². The Labute approximate surface area is 153 Å². The van der Waals surface area contributed by atoms with E-state index in [1.54, 1.807) is 18.2 Å². The van der Waals surface area contributed by atoms with E-state index in [1.807, 2.05) is 13.0 Å². The Hall–Kier alpha value is -1.12. The quantitative estimate of drug-likeness (QED) is 0.389. The highest BCUT2D eigenvalue weighted by Crippen LogP contribution is 2.28. The first kappa shape index (κ1) is 19.9. The first-order valence-electron chi connectivity index (χ1n) is 7.63. The molecule has 7 heteroatoms. The number of aliphatic imine (C=N–C) groups is 1. The van der Waals surface area contributed by atoms with E-state index in [2.05, 4.69) is 22.5 Å². The van der Waals surface area contributed by atoms with Crippen LogP contribution in [0.2, 0.25) is 0 Å². The Balaban J connectivity index is 0.00000264. The molecule has 0 spiro atoms. The van der Waals surface area contributed by atoms with Crippen molar-refractivity contribution in [3.05, 3.63) is 29.8 Å². The summed E-state index contributed by atoms with van der Waals surface area (Å²) >= 11 is 0. The lowest BCUT2D eigenvalue weighted by Gasteiger charge is -2.11. The molecule has 2 atom stereocenters. The lowest BCUT2D eigenvalue weighted by molar-refractivity contribution is 0.0818. The molecular formula is C16H24F2IN3O. The molecule has 0 aromatic heterocycles. The van der Waals surface area contributed by atoms with Crippen LogP contribution in [0.25, 0.3) is 0 Å². The van der Waals surface area contributed by atoms with Gasteiger partial charge in [-0.25, -0.2) is 13.8 Å². The van der Waals surface area contributed by atoms with Gasteiger partial charge in [0.2, 0.25) is 0 Å². The third-order valence-electron chi connectivity index (χ3n) is 3.47. The molecule has 1 aliphatic rings. The fourth-order valence-electron chi connectivity index (χ4n) is 2.08. The van der Waals surface area contributed by atoms with Gasteiger partial charge in [0.25, 0.3) is 6.43 Å². The molecule has 130 valence electrons. The van der Waals surface area contributed by atoms with Crippen molar-refractivity contribution in [1.82, 2.24) is 10.6 Å². The van der Waals surface area contributed by atoms with Gasteiger partial charge in [-0.3, -0.25) is 0 Å². The first-order chi connectivity index (χ1) is 10.6. The van der Waals surface area contributed by atoms with Gasteiger partial charge >= 0.3 is 0 Å². The second kappa shape index (κ2) is 9.89. The third-order valence-corrected chi connectivity index (χ3v) is 3.47. The molecule has 0 radical (unpaired) electrons. The fraction of sp³-hybridized carbons (Fsp3) is 0.562. The molecule has 1 aromatic rings. The molecule has 1 aromatic carbocycles. The summed E-state index contributed by atoms with van der Waals surface area (Å²) < 4.78 is 29.3. The Morgan fingerprint density at radius 1 is 1.43 bits per heavy atom. The summed E-state index contributed by atoms with van der Waals surface area (Å²) in [6.07, 6.45) is -1.30. The summed E-state index contributed by atoms with van der Waals surface area (Å²) in [5, 5.41) is 6.58. The van der Waals surface area contributed by atoms with Crippen LogP contribution < -0.4 is 15.4 Å². The highest BCUT2D eigenvalue weighted by molar-refractivity contribution is 14.0. The van der Waals surface area contributed by atoms with E-state index in [9.17, 15) is 8.78 Å². The lowest BCUT2D eigenvalue weighted by Crippen LogP contribution is -2.39. The summed E-state index contributed by atoms with van der Waals surface area (Å²) in [7, 11) is 0. The summed E-state index contributed by atoms with van der Waals surface area (Å²) in [6.45, 7) is 4.90. The zero-order chi connectivity index (χ0) is 15.9. The number of hydrogen-bond donors (Lipinski definition) is 2. The minimum Gasteiger partial charge on any atom is -0.488 e. The number of guanidine groups is 1. The number of benzene rings is 1. The maximum Gasteiger partial charge on any atom is 0.272 e. The van der Waals surface area contributed by atoms with E-state index in [1.165, 1.54) is 6.42 Å². The van der Waals surface area contributed by atoms with Crippen LogP contribution in [-0.4, -0.2) is 31.6 Å². The molecule has 0 heterocycles. The van der Waals surface area contributed by atoms with Crippen LogP contribution in [0.15, 0.2) is 29.3 Å². The van der Waals surface area contributed by atoms with Crippen molar-refractivity contribution in [2.45, 2.75) is 39.3 Å². The van der Waals surface area contributed by atoms with Gasteiger partial charge in [0, 0.05) is 12.6 Å². The van der Waals surface area contributed by atoms with Gasteiger partial charge in [-0.15, -0.1) is 24.0 Å². The van der Waals surface area contributed by atoms with Crippen molar-refractivity contribution in [2.24, 2.45) is 10.9 Å². The van der Waals surface area contributed by atoms with Crippen LogP contribution in [0.1, 0.15) is 25.8 Å². The van der Waals surface area contributed by atoms with Crippen LogP contribution in [-0.2, 0) is 6.54 Å². The van der Waals surface area contributed by atoms with E-state index >= 15 is 0 Å². The second-order valence-corrected chi connectivity index (χ2v) is 5.51. The van der Waals surface area contributed by atoms with Crippen molar-refractivity contribution in [3.8, 4) is 5.75 Å². The van der Waals surface area contributed by atoms with Crippen molar-refractivity contribution in [3.63, 3.8) is 0 Å². The number of hydrogen-bond acceptors (Lipinski definition) is 2. The highest BCUT2D eigenvalue weighted by atomic mass is 127. The van der Waals surface area contributed by atoms with Crippen molar-refractivity contribution in [2.75, 3.05) is 13.2 Å². The van der Waals surface area contributed by atoms with Gasteiger partial charge in [-0.05, 0) is 37.0 Å². The van der Waals surface area contributed by atoms with Gasteiger partial charge in [0.05, 0.1) is 6.54 Å². The summed E-state index contributed by atoms with van der Waals surface area (Å²) in [5.74, 6) is 1.92. The van der Waals surface area contributed by atoms with Crippen LogP contribution in [0.4, 0.5) is 8.78 Å². The van der Waals surface area contributed by atoms with E-state index in [-0.39, 0.29) is 24.0 Å². The zero-order valence-electron chi connectivity index (χ0n) is 13.4. The van der Waals surface area contributed by atoms with Gasteiger partial charge in [-0.1, -0.05) is 19.1 Å². The molecule has 23 heavy (non-hydrogen) atoms. The summed E-state index contributed by atoms with van der Waals surface area (Å²) in [4.78, 5) is 4.53. The molecular weight excluding hydrogens is 415 g/mol. The van der Waals surface area contributed by atoms with E-state index < -0.39 is 13.0 Å². The highest BCUT2D eigenvalue weighted by Gasteiger charge is 2.33. The molecule has 2 rings (SSSR count). The average Bonchev–Trinajstić information content (AvgIpc) is 3.18. The van der Waals surface area contributed by atoms with E-state index in [4.69, 9.17) is 4.74 Å². The van der Waals surface area contributed by atoms with Crippen molar-refractivity contribution < 1.29 is 13.5 Å². The topological polar surface area (TPSA) is 45.7 Å². The van der Waals surface area contributed by atoms with Crippen molar-refractivity contribution >= 4 is 29.9 Å². The number of ether oxygens (including phenoxy) is 1. The number of nitrogens with one attached hydrogen (secondary N) is 2. The SMILES string of the molecule is CCNC(=NCc1cccc(OCC(F)F)c1)NC1CC1C.I. The normalized spacial score (nSPS) is 20.0. The molecule has 1 fully saturated rings. The lowest BCUT2D eigenvalue weighted by atomic mass is 10.2. The Morgan fingerprint density at radius 2 is 2.17 bits per heavy atom. The van der Waals surface area contributed by atoms with Crippen LogP contribution in [0.3, 0.4) is 0 Å². The minimum atomic E-state index is -2.47. The smallest absolute Gasteiger partial charge is 0.272 e. The van der Waals surface area contributed by atoms with Gasteiger partial charge < -0.3 is 15.4 Å². The van der Waals surface area contributed by atoms with Crippen LogP contribution in [0.5, 0.6) is 5.75 Å². The van der Waals surface area contributed by atoms with Crippen LogP contribution >= 0.6 is 24.0 Å². The summed E-state index contributed by atoms with van der Waals surface area (Å²) in [5.41, 5.74) is 0.924. The van der Waals surface area contributed by atoms with Gasteiger partial charge in [-0.2, -0.15) is 0 Å². The van der Waals surface area contributed by atoms with Gasteiger partial charge in [0.1, 0.15) is 12.4 Å². The monoisotopic (exact) mass is 439 g/mol. The standard InChI is InChI=1S/C16H23F2N3O.HI/c1-3-19-16(21-14-7-11(14)2)20-9-12-5-4-6-13(8-12)22-10-15(17)18;/h4-6,8,11,14-15H,3,7,9-10H2,1-2H3,(H2,19,20,21);1H. The number of nitrogens with zero attached hydrogens (tertiary/aromatic N) is 1. The fourth-order valence-corrected chi connectivity index (χ4v) is 2.08. The predicted octanol–water partition coefficient (Wildman–Crippen LogP) is 3.41. The second-order valence-electron chi connectivity index (χ2n) is 5.51. The molecule has 2 unspecified atom stereocenters. The Morgan fingerprint density at radius 3 is 2.78 bits per heavy atom. The Bertz CT molecular complexity index is 514. The molecule has 1 saturated carbocycles. The maximum absolute atomic E-state index is 12.2. The number of alkyl halides is 2. The number of halogens is 3. The molecule has 0 amide bonds. The molecule has 0 aliphatic heterocycles. The van der Waals surface area contributed by atoms with Crippen LogP contribution in [0, 0.1) is 5.92 Å². The summed E-state index contributed by atoms with van der Waals surface area (Å²) in [6, 6.07) is 7.61. The maximum atomic E-state index is 12.2. The zero-order valence-corrected chi connectivity index (χ0v) is 15.7. The van der Waals surface area contributed by atoms with E-state index in [0.29, 0.717) is 24.3 Å². The molecule has 1 aliphatic carbocycles.